The van der Waals surface area contributed by atoms with Crippen LogP contribution >= 0.6 is 11.6 Å². The summed E-state index contributed by atoms with van der Waals surface area (Å²) in [4.78, 5) is 4.56. The standard InChI is InChI=1S/C24H20ClN5O2S/c1-16-11-13-17(14-12-16)21-15-22(19-9-5-6-10-20(19)25)30-24(26-21)27-23(28-30)29-33(31,32)18-7-3-2-4-8-18/h2-15,22H,1H3,(H2,26,27,28,29)/t22-/m1/s1. The second-order valence-electron chi connectivity index (χ2n) is 7.66. The van der Waals surface area contributed by atoms with Gasteiger partial charge in [0.1, 0.15) is 6.04 Å². The molecular weight excluding hydrogens is 458 g/mol. The van der Waals surface area contributed by atoms with E-state index in [1.807, 2.05) is 61.5 Å². The molecule has 0 unspecified atom stereocenters. The molecule has 0 amide bonds. The van der Waals surface area contributed by atoms with Crippen LogP contribution in [-0.2, 0) is 10.0 Å². The molecule has 0 saturated carbocycles. The molecule has 0 aliphatic carbocycles. The smallest absolute Gasteiger partial charge is 0.264 e. The summed E-state index contributed by atoms with van der Waals surface area (Å²) in [5.41, 5.74) is 3.78. The lowest BCUT2D eigenvalue weighted by molar-refractivity contribution is 0.598. The van der Waals surface area contributed by atoms with Crippen molar-refractivity contribution in [1.29, 1.82) is 0 Å². The maximum Gasteiger partial charge on any atom is 0.264 e. The molecule has 0 fully saturated rings. The molecule has 0 spiro atoms. The zero-order valence-electron chi connectivity index (χ0n) is 17.6. The van der Waals surface area contributed by atoms with Crippen LogP contribution in [-0.4, -0.2) is 23.2 Å². The lowest BCUT2D eigenvalue weighted by Gasteiger charge is -2.25. The number of benzene rings is 3. The Hall–Kier alpha value is -3.62. The van der Waals surface area contributed by atoms with Crippen molar-refractivity contribution >= 4 is 39.2 Å². The predicted molar refractivity (Wildman–Crippen MR) is 130 cm³/mol. The third-order valence-electron chi connectivity index (χ3n) is 5.33. The molecule has 1 aromatic heterocycles. The third kappa shape index (κ3) is 4.22. The molecule has 0 bridgehead atoms. The van der Waals surface area contributed by atoms with E-state index in [-0.39, 0.29) is 16.9 Å². The number of nitrogens with one attached hydrogen (secondary N) is 2. The second kappa shape index (κ2) is 8.38. The van der Waals surface area contributed by atoms with Gasteiger partial charge in [-0.05, 0) is 42.3 Å². The third-order valence-corrected chi connectivity index (χ3v) is 7.02. The molecule has 1 aliphatic rings. The van der Waals surface area contributed by atoms with Gasteiger partial charge < -0.3 is 5.32 Å². The van der Waals surface area contributed by atoms with Gasteiger partial charge in [-0.2, -0.15) is 4.98 Å². The average Bonchev–Trinajstić information content (AvgIpc) is 3.21. The van der Waals surface area contributed by atoms with Crippen LogP contribution in [0.25, 0.3) is 5.70 Å². The molecule has 2 heterocycles. The Kier molecular flexibility index (Phi) is 5.39. The number of fused-ring (bicyclic) bond motifs is 1. The molecule has 5 rings (SSSR count). The van der Waals surface area contributed by atoms with Gasteiger partial charge in [-0.3, -0.25) is 0 Å². The van der Waals surface area contributed by atoms with E-state index in [1.54, 1.807) is 22.9 Å². The predicted octanol–water partition coefficient (Wildman–Crippen LogP) is 5.10. The Morgan fingerprint density at radius 1 is 0.970 bits per heavy atom. The molecule has 1 aliphatic heterocycles. The van der Waals surface area contributed by atoms with Crippen LogP contribution < -0.4 is 10.0 Å². The number of nitrogens with zero attached hydrogens (tertiary/aromatic N) is 3. The van der Waals surface area contributed by atoms with E-state index in [1.165, 1.54) is 12.1 Å². The van der Waals surface area contributed by atoms with Crippen molar-refractivity contribution in [2.24, 2.45) is 0 Å². The molecule has 2 N–H and O–H groups in total. The molecule has 3 aromatic carbocycles. The van der Waals surface area contributed by atoms with Gasteiger partial charge in [-0.1, -0.05) is 77.8 Å². The maximum absolute atomic E-state index is 12.8. The van der Waals surface area contributed by atoms with Gasteiger partial charge in [-0.15, -0.1) is 5.10 Å². The normalized spacial score (nSPS) is 15.3. The quantitative estimate of drug-likeness (QED) is 0.417. The lowest BCUT2D eigenvalue weighted by Crippen LogP contribution is -2.20. The number of allylic oxidation sites excluding steroid dienone is 1. The van der Waals surface area contributed by atoms with Gasteiger partial charge in [0.2, 0.25) is 5.95 Å². The molecule has 0 saturated heterocycles. The highest BCUT2D eigenvalue weighted by atomic mass is 35.5. The number of hydrogen-bond acceptors (Lipinski definition) is 5. The summed E-state index contributed by atoms with van der Waals surface area (Å²) in [6, 6.07) is 23.3. The first kappa shape index (κ1) is 21.2. The zero-order chi connectivity index (χ0) is 23.0. The number of aryl methyl sites for hydroxylation is 1. The Morgan fingerprint density at radius 2 is 1.67 bits per heavy atom. The number of rotatable bonds is 5. The Labute approximate surface area is 196 Å². The van der Waals surface area contributed by atoms with Crippen molar-refractivity contribution in [3.8, 4) is 0 Å². The van der Waals surface area contributed by atoms with Crippen molar-refractivity contribution in [2.75, 3.05) is 10.0 Å². The first-order valence-electron chi connectivity index (χ1n) is 10.3. The molecular formula is C24H20ClN5O2S. The summed E-state index contributed by atoms with van der Waals surface area (Å²) in [6.07, 6.45) is 2.00. The number of anilines is 2. The number of aromatic nitrogens is 3. The van der Waals surface area contributed by atoms with Crippen LogP contribution in [0.5, 0.6) is 0 Å². The SMILES string of the molecule is Cc1ccc(C2=C[C@H](c3ccccc3Cl)n3nc(NS(=O)(=O)c4ccccc4)nc3N2)cc1. The summed E-state index contributed by atoms with van der Waals surface area (Å²) in [7, 11) is -3.83. The van der Waals surface area contributed by atoms with E-state index in [2.05, 4.69) is 20.1 Å². The summed E-state index contributed by atoms with van der Waals surface area (Å²) >= 11 is 6.51. The number of hydrogen-bond donors (Lipinski definition) is 2. The monoisotopic (exact) mass is 477 g/mol. The van der Waals surface area contributed by atoms with Crippen LogP contribution in [0.3, 0.4) is 0 Å². The highest BCUT2D eigenvalue weighted by molar-refractivity contribution is 7.92. The minimum Gasteiger partial charge on any atom is -0.324 e. The van der Waals surface area contributed by atoms with Gasteiger partial charge in [0, 0.05) is 10.7 Å². The topological polar surface area (TPSA) is 88.9 Å². The maximum atomic E-state index is 12.8. The van der Waals surface area contributed by atoms with E-state index in [9.17, 15) is 8.42 Å². The van der Waals surface area contributed by atoms with Crippen LogP contribution in [0, 0.1) is 6.92 Å². The van der Waals surface area contributed by atoms with E-state index in [0.717, 1.165) is 22.4 Å². The second-order valence-corrected chi connectivity index (χ2v) is 9.75. The lowest BCUT2D eigenvalue weighted by atomic mass is 10.0. The van der Waals surface area contributed by atoms with Crippen LogP contribution in [0.1, 0.15) is 22.7 Å². The fourth-order valence-corrected chi connectivity index (χ4v) is 4.86. The molecule has 0 radical (unpaired) electrons. The Bertz CT molecular complexity index is 1450. The van der Waals surface area contributed by atoms with Crippen molar-refractivity contribution in [2.45, 2.75) is 17.9 Å². The van der Waals surface area contributed by atoms with Crippen LogP contribution in [0.15, 0.2) is 89.8 Å². The van der Waals surface area contributed by atoms with Crippen molar-refractivity contribution in [3.63, 3.8) is 0 Å². The van der Waals surface area contributed by atoms with Crippen molar-refractivity contribution < 1.29 is 8.42 Å². The van der Waals surface area contributed by atoms with Crippen molar-refractivity contribution in [3.05, 3.63) is 107 Å². The first-order chi connectivity index (χ1) is 15.9. The van der Waals surface area contributed by atoms with E-state index >= 15 is 0 Å². The minimum absolute atomic E-state index is 0.0306. The molecule has 33 heavy (non-hydrogen) atoms. The highest BCUT2D eigenvalue weighted by Gasteiger charge is 2.28. The van der Waals surface area contributed by atoms with E-state index < -0.39 is 10.0 Å². The summed E-state index contributed by atoms with van der Waals surface area (Å²) in [5, 5.41) is 8.30. The molecule has 7 nitrogen and oxygen atoms in total. The zero-order valence-corrected chi connectivity index (χ0v) is 19.2. The fraction of sp³-hybridized carbons (Fsp3) is 0.0833. The average molecular weight is 478 g/mol. The highest BCUT2D eigenvalue weighted by Crippen LogP contribution is 2.36. The molecule has 4 aromatic rings. The minimum atomic E-state index is -3.83. The van der Waals surface area contributed by atoms with Crippen molar-refractivity contribution in [1.82, 2.24) is 14.8 Å². The van der Waals surface area contributed by atoms with E-state index in [4.69, 9.17) is 11.6 Å². The summed E-state index contributed by atoms with van der Waals surface area (Å²) < 4.78 is 29.7. The fourth-order valence-electron chi connectivity index (χ4n) is 3.65. The number of halogens is 1. The molecule has 1 atom stereocenters. The van der Waals surface area contributed by atoms with Gasteiger partial charge in [0.05, 0.1) is 4.90 Å². The van der Waals surface area contributed by atoms with Crippen LogP contribution in [0.4, 0.5) is 11.9 Å². The Morgan fingerprint density at radius 3 is 2.39 bits per heavy atom. The molecule has 166 valence electrons. The largest absolute Gasteiger partial charge is 0.324 e. The van der Waals surface area contributed by atoms with Crippen LogP contribution in [0.2, 0.25) is 5.02 Å². The molecule has 9 heteroatoms. The van der Waals surface area contributed by atoms with Gasteiger partial charge >= 0.3 is 0 Å². The Balaban J connectivity index is 1.56. The van der Waals surface area contributed by atoms with E-state index in [0.29, 0.717) is 11.0 Å². The van der Waals surface area contributed by atoms with Gasteiger partial charge in [-0.25, -0.2) is 17.8 Å². The van der Waals surface area contributed by atoms with Gasteiger partial charge in [0.15, 0.2) is 0 Å². The van der Waals surface area contributed by atoms with Gasteiger partial charge in [0.25, 0.3) is 16.0 Å². The summed E-state index contributed by atoms with van der Waals surface area (Å²) in [6.45, 7) is 2.03. The summed E-state index contributed by atoms with van der Waals surface area (Å²) in [5.74, 6) is 0.376. The first-order valence-corrected chi connectivity index (χ1v) is 12.1. The number of sulfonamides is 1.